The number of carbonyl (C=O) groups is 1. The number of aromatic nitrogens is 2. The summed E-state index contributed by atoms with van der Waals surface area (Å²) in [5.74, 6) is -1.48. The Bertz CT molecular complexity index is 692. The maximum Gasteiger partial charge on any atom is 0.433 e. The van der Waals surface area contributed by atoms with E-state index in [4.69, 9.17) is 0 Å². The zero-order valence-electron chi connectivity index (χ0n) is 12.3. The average Bonchev–Trinajstić information content (AvgIpc) is 2.83. The van der Waals surface area contributed by atoms with E-state index >= 15 is 0 Å². The maximum atomic E-state index is 13.1. The SMILES string of the molecule is CCCCC(C)c1c(C(=O)O)nn2c(C(F)(F)F)cccc12. The van der Waals surface area contributed by atoms with Crippen molar-refractivity contribution in [2.24, 2.45) is 0 Å². The molecule has 7 heteroatoms. The molecule has 0 aliphatic heterocycles. The molecule has 0 aliphatic rings. The first-order chi connectivity index (χ1) is 10.3. The van der Waals surface area contributed by atoms with Crippen molar-refractivity contribution in [2.75, 3.05) is 0 Å². The van der Waals surface area contributed by atoms with E-state index in [2.05, 4.69) is 5.10 Å². The molecule has 1 N–H and O–H groups in total. The maximum absolute atomic E-state index is 13.1. The van der Waals surface area contributed by atoms with Crippen LogP contribution in [0.5, 0.6) is 0 Å². The number of carboxylic acid groups (broad SMARTS) is 1. The van der Waals surface area contributed by atoms with Crippen LogP contribution in [0.2, 0.25) is 0 Å². The van der Waals surface area contributed by atoms with Crippen LogP contribution in [0.25, 0.3) is 5.52 Å². The number of halogens is 3. The standard InChI is InChI=1S/C15H17F3N2O2/c1-3-4-6-9(2)12-10-7-5-8-11(15(16,17)18)20(10)19-13(12)14(21)22/h5,7-9H,3-4,6H2,1-2H3,(H,21,22). The van der Waals surface area contributed by atoms with E-state index in [1.807, 2.05) is 13.8 Å². The van der Waals surface area contributed by atoms with Gasteiger partial charge in [0.15, 0.2) is 5.69 Å². The Morgan fingerprint density at radius 1 is 1.41 bits per heavy atom. The molecule has 0 saturated carbocycles. The lowest BCUT2D eigenvalue weighted by Gasteiger charge is -2.12. The Balaban J connectivity index is 2.68. The van der Waals surface area contributed by atoms with Crippen LogP contribution < -0.4 is 0 Å². The summed E-state index contributed by atoms with van der Waals surface area (Å²) in [7, 11) is 0. The number of fused-ring (bicyclic) bond motifs is 1. The monoisotopic (exact) mass is 314 g/mol. The minimum atomic E-state index is -4.59. The molecule has 2 aromatic rings. The first-order valence-electron chi connectivity index (χ1n) is 7.09. The summed E-state index contributed by atoms with van der Waals surface area (Å²) in [4.78, 5) is 11.4. The summed E-state index contributed by atoms with van der Waals surface area (Å²) in [6.45, 7) is 3.82. The highest BCUT2D eigenvalue weighted by molar-refractivity contribution is 5.90. The van der Waals surface area contributed by atoms with Crippen molar-refractivity contribution < 1.29 is 23.1 Å². The minimum absolute atomic E-state index is 0.174. The van der Waals surface area contributed by atoms with E-state index in [0.717, 1.165) is 18.9 Å². The lowest BCUT2D eigenvalue weighted by atomic mass is 9.94. The number of hydrogen-bond donors (Lipinski definition) is 1. The topological polar surface area (TPSA) is 54.6 Å². The van der Waals surface area contributed by atoms with Gasteiger partial charge in [-0.2, -0.15) is 18.3 Å². The van der Waals surface area contributed by atoms with Crippen LogP contribution in [-0.2, 0) is 6.18 Å². The fourth-order valence-corrected chi connectivity index (χ4v) is 2.60. The van der Waals surface area contributed by atoms with Crippen molar-refractivity contribution in [1.29, 1.82) is 0 Å². The molecule has 0 aromatic carbocycles. The third-order valence-corrected chi connectivity index (χ3v) is 3.67. The molecule has 0 bridgehead atoms. The van der Waals surface area contributed by atoms with Crippen molar-refractivity contribution in [1.82, 2.24) is 9.61 Å². The Morgan fingerprint density at radius 3 is 2.64 bits per heavy atom. The molecule has 0 aliphatic carbocycles. The van der Waals surface area contributed by atoms with Gasteiger partial charge in [-0.15, -0.1) is 0 Å². The molecule has 22 heavy (non-hydrogen) atoms. The first-order valence-corrected chi connectivity index (χ1v) is 7.09. The second kappa shape index (κ2) is 5.98. The molecule has 0 radical (unpaired) electrons. The van der Waals surface area contributed by atoms with Crippen molar-refractivity contribution in [2.45, 2.75) is 45.2 Å². The van der Waals surface area contributed by atoms with Crippen molar-refractivity contribution in [3.63, 3.8) is 0 Å². The molecule has 1 unspecified atom stereocenters. The van der Waals surface area contributed by atoms with Gasteiger partial charge in [-0.05, 0) is 24.5 Å². The summed E-state index contributed by atoms with van der Waals surface area (Å²) in [6, 6.07) is 3.65. The number of rotatable bonds is 5. The number of carboxylic acids is 1. The smallest absolute Gasteiger partial charge is 0.433 e. The van der Waals surface area contributed by atoms with Crippen molar-refractivity contribution >= 4 is 11.5 Å². The molecule has 1 atom stereocenters. The van der Waals surface area contributed by atoms with Crippen molar-refractivity contribution in [3.8, 4) is 0 Å². The first kappa shape index (κ1) is 16.3. The molecule has 4 nitrogen and oxygen atoms in total. The summed E-state index contributed by atoms with van der Waals surface area (Å²) >= 11 is 0. The average molecular weight is 314 g/mol. The number of pyridine rings is 1. The van der Waals surface area contributed by atoms with Gasteiger partial charge in [-0.3, -0.25) is 0 Å². The highest BCUT2D eigenvalue weighted by Crippen LogP contribution is 2.34. The van der Waals surface area contributed by atoms with E-state index in [1.54, 1.807) is 0 Å². The van der Waals surface area contributed by atoms with Gasteiger partial charge in [0, 0.05) is 5.56 Å². The zero-order valence-corrected chi connectivity index (χ0v) is 12.3. The highest BCUT2D eigenvalue weighted by atomic mass is 19.4. The molecular weight excluding hydrogens is 297 g/mol. The molecule has 120 valence electrons. The molecule has 2 rings (SSSR count). The van der Waals surface area contributed by atoms with Crippen LogP contribution >= 0.6 is 0 Å². The van der Waals surface area contributed by atoms with Gasteiger partial charge >= 0.3 is 12.1 Å². The van der Waals surface area contributed by atoms with Gasteiger partial charge in [-0.25, -0.2) is 9.31 Å². The van der Waals surface area contributed by atoms with E-state index in [-0.39, 0.29) is 17.1 Å². The van der Waals surface area contributed by atoms with E-state index < -0.39 is 17.8 Å². The molecule has 0 fully saturated rings. The fourth-order valence-electron chi connectivity index (χ4n) is 2.60. The largest absolute Gasteiger partial charge is 0.476 e. The predicted molar refractivity (Wildman–Crippen MR) is 75.1 cm³/mol. The fraction of sp³-hybridized carbons (Fsp3) is 0.467. The molecular formula is C15H17F3N2O2. The molecule has 0 saturated heterocycles. The number of nitrogens with zero attached hydrogens (tertiary/aromatic N) is 2. The van der Waals surface area contributed by atoms with Gasteiger partial charge in [-0.1, -0.05) is 32.8 Å². The Hall–Kier alpha value is -2.05. The summed E-state index contributed by atoms with van der Waals surface area (Å²) < 4.78 is 39.9. The van der Waals surface area contributed by atoms with Crippen LogP contribution in [0.15, 0.2) is 18.2 Å². The number of unbranched alkanes of at least 4 members (excludes halogenated alkanes) is 1. The molecule has 2 heterocycles. The van der Waals surface area contributed by atoms with Crippen LogP contribution in [-0.4, -0.2) is 20.7 Å². The summed E-state index contributed by atoms with van der Waals surface area (Å²) in [5, 5.41) is 13.0. The Kier molecular flexibility index (Phi) is 4.44. The second-order valence-electron chi connectivity index (χ2n) is 5.32. The Labute approximate surface area is 125 Å². The van der Waals surface area contributed by atoms with Crippen LogP contribution in [0.4, 0.5) is 13.2 Å². The number of alkyl halides is 3. The predicted octanol–water partition coefficient (Wildman–Crippen LogP) is 4.35. The number of hydrogen-bond acceptors (Lipinski definition) is 2. The third kappa shape index (κ3) is 2.93. The van der Waals surface area contributed by atoms with Crippen LogP contribution in [0, 0.1) is 0 Å². The van der Waals surface area contributed by atoms with E-state index in [9.17, 15) is 23.1 Å². The Morgan fingerprint density at radius 2 is 2.09 bits per heavy atom. The summed E-state index contributed by atoms with van der Waals surface area (Å²) in [6.07, 6.45) is -2.09. The highest BCUT2D eigenvalue weighted by Gasteiger charge is 2.35. The lowest BCUT2D eigenvalue weighted by molar-refractivity contribution is -0.142. The van der Waals surface area contributed by atoms with E-state index in [1.165, 1.54) is 12.1 Å². The summed E-state index contributed by atoms with van der Waals surface area (Å²) in [5.41, 5.74) is -0.704. The quantitative estimate of drug-likeness (QED) is 0.893. The van der Waals surface area contributed by atoms with Crippen LogP contribution in [0.1, 0.15) is 60.8 Å². The molecule has 2 aromatic heterocycles. The van der Waals surface area contributed by atoms with E-state index in [0.29, 0.717) is 16.5 Å². The number of aromatic carboxylic acids is 1. The van der Waals surface area contributed by atoms with Crippen LogP contribution in [0.3, 0.4) is 0 Å². The molecule has 0 spiro atoms. The van der Waals surface area contributed by atoms with Crippen molar-refractivity contribution in [3.05, 3.63) is 35.2 Å². The normalized spacial score (nSPS) is 13.5. The lowest BCUT2D eigenvalue weighted by Crippen LogP contribution is -2.12. The van der Waals surface area contributed by atoms with Gasteiger partial charge in [0.25, 0.3) is 0 Å². The van der Waals surface area contributed by atoms with Gasteiger partial charge < -0.3 is 5.11 Å². The zero-order chi connectivity index (χ0) is 16.5. The van der Waals surface area contributed by atoms with Gasteiger partial charge in [0.05, 0.1) is 5.52 Å². The minimum Gasteiger partial charge on any atom is -0.476 e. The second-order valence-corrected chi connectivity index (χ2v) is 5.32. The molecule has 0 amide bonds. The van der Waals surface area contributed by atoms with Gasteiger partial charge in [0.2, 0.25) is 0 Å². The third-order valence-electron chi connectivity index (χ3n) is 3.67. The van der Waals surface area contributed by atoms with Gasteiger partial charge in [0.1, 0.15) is 5.69 Å².